The third-order valence-electron chi connectivity index (χ3n) is 3.29. The van der Waals surface area contributed by atoms with Crippen molar-refractivity contribution in [1.82, 2.24) is 0 Å². The van der Waals surface area contributed by atoms with E-state index in [2.05, 4.69) is 47.9 Å². The molecule has 19 heavy (non-hydrogen) atoms. The van der Waals surface area contributed by atoms with Crippen LogP contribution in [0.3, 0.4) is 0 Å². The van der Waals surface area contributed by atoms with Crippen LogP contribution in [0.15, 0.2) is 71.5 Å². The summed E-state index contributed by atoms with van der Waals surface area (Å²) in [5.74, 6) is 0.941. The van der Waals surface area contributed by atoms with E-state index in [0.29, 0.717) is 0 Å². The van der Waals surface area contributed by atoms with Gasteiger partial charge in [0.15, 0.2) is 6.54 Å². The van der Waals surface area contributed by atoms with Gasteiger partial charge < -0.3 is 4.42 Å². The van der Waals surface area contributed by atoms with E-state index < -0.39 is 0 Å². The molecule has 0 atom stereocenters. The van der Waals surface area contributed by atoms with Crippen molar-refractivity contribution in [2.75, 3.05) is 0 Å². The van der Waals surface area contributed by atoms with E-state index >= 15 is 0 Å². The molecule has 0 aliphatic rings. The summed E-state index contributed by atoms with van der Waals surface area (Å²) in [6, 6.07) is 20.6. The molecule has 0 unspecified atom stereocenters. The maximum Gasteiger partial charge on any atom is 0.335 e. The molecule has 0 aliphatic carbocycles. The van der Waals surface area contributed by atoms with Crippen molar-refractivity contribution < 1.29 is 8.98 Å². The van der Waals surface area contributed by atoms with Gasteiger partial charge in [0.05, 0.1) is 0 Å². The van der Waals surface area contributed by atoms with E-state index in [9.17, 15) is 0 Å². The van der Waals surface area contributed by atoms with E-state index in [1.165, 1.54) is 5.56 Å². The maximum atomic E-state index is 5.72. The number of rotatable bonds is 3. The molecule has 0 spiro atoms. The molecule has 94 valence electrons. The fourth-order valence-corrected chi connectivity index (χ4v) is 2.21. The molecule has 1 heterocycles. The van der Waals surface area contributed by atoms with Crippen LogP contribution in [0.2, 0.25) is 0 Å². The average molecular weight is 250 g/mol. The van der Waals surface area contributed by atoms with Gasteiger partial charge in [-0.05, 0) is 0 Å². The first-order valence-corrected chi connectivity index (χ1v) is 6.41. The van der Waals surface area contributed by atoms with Crippen LogP contribution in [0, 0.1) is 6.92 Å². The van der Waals surface area contributed by atoms with E-state index in [4.69, 9.17) is 4.42 Å². The standard InChI is InChI=1S/C17H16NO/c1-14-17(16-10-6-3-7-11-16)19-13-18(14)12-15-8-4-2-5-9-15/h2-11,13H,12H2,1H3/q+1. The quantitative estimate of drug-likeness (QED) is 0.649. The zero-order valence-electron chi connectivity index (χ0n) is 10.9. The Morgan fingerprint density at radius 2 is 1.53 bits per heavy atom. The Bertz CT molecular complexity index is 656. The zero-order valence-corrected chi connectivity index (χ0v) is 10.9. The molecular formula is C17H16NO+. The molecule has 0 saturated heterocycles. The van der Waals surface area contributed by atoms with E-state index in [1.54, 1.807) is 6.39 Å². The topological polar surface area (TPSA) is 17.0 Å². The summed E-state index contributed by atoms with van der Waals surface area (Å²) >= 11 is 0. The highest BCUT2D eigenvalue weighted by molar-refractivity contribution is 5.57. The highest BCUT2D eigenvalue weighted by Gasteiger charge is 2.18. The molecule has 2 nitrogen and oxygen atoms in total. The van der Waals surface area contributed by atoms with Gasteiger partial charge in [-0.3, -0.25) is 0 Å². The van der Waals surface area contributed by atoms with Crippen molar-refractivity contribution in [2.45, 2.75) is 13.5 Å². The van der Waals surface area contributed by atoms with Crippen molar-refractivity contribution in [3.63, 3.8) is 0 Å². The number of oxazole rings is 1. The van der Waals surface area contributed by atoms with Crippen LogP contribution in [0.1, 0.15) is 11.3 Å². The minimum absolute atomic E-state index is 0.836. The summed E-state index contributed by atoms with van der Waals surface area (Å²) in [5.41, 5.74) is 3.54. The van der Waals surface area contributed by atoms with Crippen LogP contribution in [0.5, 0.6) is 0 Å². The molecule has 2 heteroatoms. The van der Waals surface area contributed by atoms with Crippen LogP contribution in [-0.2, 0) is 6.54 Å². The zero-order chi connectivity index (χ0) is 13.1. The lowest BCUT2D eigenvalue weighted by atomic mass is 10.1. The average Bonchev–Trinajstić information content (AvgIpc) is 2.82. The molecule has 0 saturated carbocycles. The molecule has 0 aliphatic heterocycles. The Morgan fingerprint density at radius 1 is 0.895 bits per heavy atom. The van der Waals surface area contributed by atoms with Gasteiger partial charge in [0.25, 0.3) is 0 Å². The SMILES string of the molecule is Cc1c(-c2ccccc2)oc[n+]1Cc1ccccc1. The molecule has 3 rings (SSSR count). The highest BCUT2D eigenvalue weighted by Crippen LogP contribution is 2.21. The fourth-order valence-electron chi connectivity index (χ4n) is 2.21. The van der Waals surface area contributed by atoms with Gasteiger partial charge in [-0.1, -0.05) is 60.7 Å². The molecule has 0 bridgehead atoms. The van der Waals surface area contributed by atoms with Crippen LogP contribution < -0.4 is 4.57 Å². The molecule has 0 fully saturated rings. The number of hydrogen-bond acceptors (Lipinski definition) is 1. The smallest absolute Gasteiger partial charge is 0.335 e. The minimum atomic E-state index is 0.836. The fraction of sp³-hybridized carbons (Fsp3) is 0.118. The lowest BCUT2D eigenvalue weighted by molar-refractivity contribution is -0.696. The molecule has 0 N–H and O–H groups in total. The Hall–Kier alpha value is -2.35. The lowest BCUT2D eigenvalue weighted by Gasteiger charge is -1.96. The summed E-state index contributed by atoms with van der Waals surface area (Å²) in [4.78, 5) is 0. The summed E-state index contributed by atoms with van der Waals surface area (Å²) in [5, 5.41) is 0. The van der Waals surface area contributed by atoms with Crippen molar-refractivity contribution in [3.05, 3.63) is 78.3 Å². The van der Waals surface area contributed by atoms with Gasteiger partial charge in [0, 0.05) is 18.1 Å². The van der Waals surface area contributed by atoms with E-state index in [-0.39, 0.29) is 0 Å². The minimum Gasteiger partial charge on any atom is -0.403 e. The Morgan fingerprint density at radius 3 is 2.21 bits per heavy atom. The second-order valence-electron chi connectivity index (χ2n) is 4.62. The molecule has 3 aromatic rings. The van der Waals surface area contributed by atoms with Gasteiger partial charge in [-0.25, -0.2) is 0 Å². The lowest BCUT2D eigenvalue weighted by Crippen LogP contribution is -2.34. The van der Waals surface area contributed by atoms with Crippen LogP contribution in [-0.4, -0.2) is 0 Å². The van der Waals surface area contributed by atoms with Gasteiger partial charge in [-0.2, -0.15) is 4.57 Å². The van der Waals surface area contributed by atoms with Gasteiger partial charge in [0.1, 0.15) is 0 Å². The first-order valence-electron chi connectivity index (χ1n) is 6.41. The summed E-state index contributed by atoms with van der Waals surface area (Å²) in [6.45, 7) is 2.93. The van der Waals surface area contributed by atoms with Crippen LogP contribution in [0.25, 0.3) is 11.3 Å². The number of benzene rings is 2. The normalized spacial score (nSPS) is 10.6. The molecule has 0 amide bonds. The monoisotopic (exact) mass is 250 g/mol. The first-order chi connectivity index (χ1) is 9.34. The summed E-state index contributed by atoms with van der Waals surface area (Å²) in [7, 11) is 0. The molecule has 1 aromatic heterocycles. The van der Waals surface area contributed by atoms with Crippen LogP contribution in [0.4, 0.5) is 0 Å². The van der Waals surface area contributed by atoms with Gasteiger partial charge >= 0.3 is 6.39 Å². The summed E-state index contributed by atoms with van der Waals surface area (Å²) in [6.07, 6.45) is 1.80. The van der Waals surface area contributed by atoms with Crippen LogP contribution >= 0.6 is 0 Å². The summed E-state index contributed by atoms with van der Waals surface area (Å²) < 4.78 is 7.85. The predicted molar refractivity (Wildman–Crippen MR) is 74.6 cm³/mol. The Labute approximate surface area is 112 Å². The van der Waals surface area contributed by atoms with Crippen molar-refractivity contribution in [1.29, 1.82) is 0 Å². The second kappa shape index (κ2) is 5.11. The number of hydrogen-bond donors (Lipinski definition) is 0. The molecular weight excluding hydrogens is 234 g/mol. The third-order valence-corrected chi connectivity index (χ3v) is 3.29. The largest absolute Gasteiger partial charge is 0.403 e. The maximum absolute atomic E-state index is 5.72. The van der Waals surface area contributed by atoms with Gasteiger partial charge in [-0.15, -0.1) is 0 Å². The van der Waals surface area contributed by atoms with Crippen molar-refractivity contribution in [3.8, 4) is 11.3 Å². The van der Waals surface area contributed by atoms with Crippen molar-refractivity contribution >= 4 is 0 Å². The third kappa shape index (κ3) is 2.43. The molecule has 0 radical (unpaired) electrons. The van der Waals surface area contributed by atoms with E-state index in [1.807, 2.05) is 24.3 Å². The number of aromatic nitrogens is 1. The predicted octanol–water partition coefficient (Wildman–Crippen LogP) is 3.59. The van der Waals surface area contributed by atoms with E-state index in [0.717, 1.165) is 23.6 Å². The first kappa shape index (κ1) is 11.7. The Balaban J connectivity index is 1.92. The van der Waals surface area contributed by atoms with Gasteiger partial charge in [0.2, 0.25) is 11.5 Å². The molecule has 2 aromatic carbocycles. The Kier molecular flexibility index (Phi) is 3.15. The number of nitrogens with zero attached hydrogens (tertiary/aromatic N) is 1. The van der Waals surface area contributed by atoms with Crippen molar-refractivity contribution in [2.24, 2.45) is 0 Å². The second-order valence-corrected chi connectivity index (χ2v) is 4.62. The highest BCUT2D eigenvalue weighted by atomic mass is 16.3.